The number of hydrogen-bond donors (Lipinski definition) is 2. The van der Waals surface area contributed by atoms with Crippen molar-refractivity contribution in [3.05, 3.63) is 48.6 Å². The number of β-amino-alcohol motifs (C(OH)–C–C–N with tert-alkyl or cyclic N) is 1. The van der Waals surface area contributed by atoms with E-state index in [1.807, 2.05) is 36.4 Å². The van der Waals surface area contributed by atoms with E-state index in [1.54, 1.807) is 4.90 Å². The molecule has 1 aliphatic rings. The fourth-order valence-electron chi connectivity index (χ4n) is 2.67. The maximum absolute atomic E-state index is 12.4. The van der Waals surface area contributed by atoms with Crippen LogP contribution in [0.25, 0.3) is 0 Å². The van der Waals surface area contributed by atoms with Crippen LogP contribution in [0.4, 0.5) is 4.79 Å². The molecule has 1 aromatic rings. The van der Waals surface area contributed by atoms with E-state index in [1.165, 1.54) is 0 Å². The largest absolute Gasteiger partial charge is 0.391 e. The molecule has 114 valence electrons. The van der Waals surface area contributed by atoms with Crippen molar-refractivity contribution in [1.29, 1.82) is 0 Å². The Hall–Kier alpha value is -1.81. The molecule has 0 spiro atoms. The van der Waals surface area contributed by atoms with Gasteiger partial charge in [-0.1, -0.05) is 36.4 Å². The standard InChI is InChI=1S/C17H24N2O2/c1-2-3-11-16(14-8-5-4-6-9-14)18-17(21)19-12-7-10-15(20)13-19/h2,4-6,8-9,15-16,20H,1,3,7,10-13H2,(H,18,21)/t15-,16+/m1/s1. The summed E-state index contributed by atoms with van der Waals surface area (Å²) in [6, 6.07) is 9.87. The van der Waals surface area contributed by atoms with Gasteiger partial charge < -0.3 is 15.3 Å². The molecule has 2 atom stereocenters. The molecular weight excluding hydrogens is 264 g/mol. The predicted molar refractivity (Wildman–Crippen MR) is 84.0 cm³/mol. The first-order valence-electron chi connectivity index (χ1n) is 7.60. The van der Waals surface area contributed by atoms with Crippen molar-refractivity contribution < 1.29 is 9.90 Å². The van der Waals surface area contributed by atoms with Gasteiger partial charge in [-0.15, -0.1) is 6.58 Å². The summed E-state index contributed by atoms with van der Waals surface area (Å²) in [6.45, 7) is 4.89. The number of aliphatic hydroxyl groups excluding tert-OH is 1. The number of hydrogen-bond acceptors (Lipinski definition) is 2. The van der Waals surface area contributed by atoms with E-state index in [0.29, 0.717) is 13.1 Å². The number of nitrogens with one attached hydrogen (secondary N) is 1. The minimum atomic E-state index is -0.396. The van der Waals surface area contributed by atoms with Crippen LogP contribution in [0, 0.1) is 0 Å². The molecule has 1 fully saturated rings. The lowest BCUT2D eigenvalue weighted by Crippen LogP contribution is -2.48. The third-order valence-corrected chi connectivity index (χ3v) is 3.84. The Morgan fingerprint density at radius 1 is 1.48 bits per heavy atom. The number of likely N-dealkylation sites (tertiary alicyclic amines) is 1. The number of rotatable bonds is 5. The number of nitrogens with zero attached hydrogens (tertiary/aromatic N) is 1. The van der Waals surface area contributed by atoms with Gasteiger partial charge in [0.1, 0.15) is 0 Å². The Morgan fingerprint density at radius 3 is 2.90 bits per heavy atom. The molecule has 21 heavy (non-hydrogen) atoms. The van der Waals surface area contributed by atoms with Gasteiger partial charge in [-0.3, -0.25) is 0 Å². The lowest BCUT2D eigenvalue weighted by atomic mass is 10.0. The highest BCUT2D eigenvalue weighted by Gasteiger charge is 2.24. The maximum atomic E-state index is 12.4. The molecule has 1 saturated heterocycles. The summed E-state index contributed by atoms with van der Waals surface area (Å²) >= 11 is 0. The van der Waals surface area contributed by atoms with Gasteiger partial charge in [0, 0.05) is 13.1 Å². The zero-order chi connectivity index (χ0) is 15.1. The van der Waals surface area contributed by atoms with Crippen LogP contribution in [0.15, 0.2) is 43.0 Å². The van der Waals surface area contributed by atoms with Gasteiger partial charge in [0.05, 0.1) is 12.1 Å². The molecule has 0 bridgehead atoms. The molecule has 1 aromatic carbocycles. The summed E-state index contributed by atoms with van der Waals surface area (Å²) in [5, 5.41) is 12.8. The highest BCUT2D eigenvalue weighted by Crippen LogP contribution is 2.19. The second-order valence-corrected chi connectivity index (χ2v) is 5.52. The van der Waals surface area contributed by atoms with E-state index < -0.39 is 6.10 Å². The van der Waals surface area contributed by atoms with E-state index in [0.717, 1.165) is 31.2 Å². The number of carbonyl (C=O) groups excluding carboxylic acids is 1. The van der Waals surface area contributed by atoms with Gasteiger partial charge in [-0.2, -0.15) is 0 Å². The number of urea groups is 1. The Kier molecular flexibility index (Phi) is 5.81. The highest BCUT2D eigenvalue weighted by molar-refractivity contribution is 5.74. The van der Waals surface area contributed by atoms with Crippen LogP contribution in [-0.2, 0) is 0 Å². The van der Waals surface area contributed by atoms with Gasteiger partial charge in [0.2, 0.25) is 0 Å². The summed E-state index contributed by atoms with van der Waals surface area (Å²) < 4.78 is 0. The number of carbonyl (C=O) groups is 1. The Morgan fingerprint density at radius 2 is 2.24 bits per heavy atom. The Bertz CT molecular complexity index is 461. The van der Waals surface area contributed by atoms with Crippen molar-refractivity contribution in [2.24, 2.45) is 0 Å². The monoisotopic (exact) mass is 288 g/mol. The molecule has 0 aliphatic carbocycles. The van der Waals surface area contributed by atoms with Crippen LogP contribution in [0.3, 0.4) is 0 Å². The maximum Gasteiger partial charge on any atom is 0.317 e. The van der Waals surface area contributed by atoms with Crippen LogP contribution >= 0.6 is 0 Å². The van der Waals surface area contributed by atoms with Crippen molar-refractivity contribution in [2.75, 3.05) is 13.1 Å². The fourth-order valence-corrected chi connectivity index (χ4v) is 2.67. The zero-order valence-electron chi connectivity index (χ0n) is 12.4. The molecular formula is C17H24N2O2. The van der Waals surface area contributed by atoms with Crippen molar-refractivity contribution in [2.45, 2.75) is 37.8 Å². The van der Waals surface area contributed by atoms with Crippen LogP contribution < -0.4 is 5.32 Å². The van der Waals surface area contributed by atoms with Crippen LogP contribution in [0.5, 0.6) is 0 Å². The third-order valence-electron chi connectivity index (χ3n) is 3.84. The SMILES string of the molecule is C=CCC[C@H](NC(=O)N1CCC[C@@H](O)C1)c1ccccc1. The summed E-state index contributed by atoms with van der Waals surface area (Å²) in [6.07, 6.45) is 4.79. The number of benzene rings is 1. The first-order valence-corrected chi connectivity index (χ1v) is 7.60. The predicted octanol–water partition coefficient (Wildman–Crippen LogP) is 2.86. The van der Waals surface area contributed by atoms with Crippen LogP contribution in [-0.4, -0.2) is 35.2 Å². The molecule has 0 unspecified atom stereocenters. The van der Waals surface area contributed by atoms with Gasteiger partial charge in [0.25, 0.3) is 0 Å². The van der Waals surface area contributed by atoms with Crippen molar-refractivity contribution in [1.82, 2.24) is 10.2 Å². The molecule has 2 rings (SSSR count). The molecule has 4 nitrogen and oxygen atoms in total. The number of amides is 2. The lowest BCUT2D eigenvalue weighted by molar-refractivity contribution is 0.0832. The van der Waals surface area contributed by atoms with Gasteiger partial charge >= 0.3 is 6.03 Å². The van der Waals surface area contributed by atoms with E-state index >= 15 is 0 Å². The first-order chi connectivity index (χ1) is 10.2. The summed E-state index contributed by atoms with van der Waals surface area (Å²) in [5.41, 5.74) is 1.10. The average molecular weight is 288 g/mol. The summed E-state index contributed by atoms with van der Waals surface area (Å²) in [5.74, 6) is 0. The van der Waals surface area contributed by atoms with Gasteiger partial charge in [0.15, 0.2) is 0 Å². The van der Waals surface area contributed by atoms with Gasteiger partial charge in [-0.25, -0.2) is 4.79 Å². The minimum absolute atomic E-state index is 0.0178. The quantitative estimate of drug-likeness (QED) is 0.819. The normalized spacial score (nSPS) is 19.9. The second-order valence-electron chi connectivity index (χ2n) is 5.52. The average Bonchev–Trinajstić information content (AvgIpc) is 2.52. The number of aliphatic hydroxyl groups is 1. The van der Waals surface area contributed by atoms with E-state index in [9.17, 15) is 9.90 Å². The highest BCUT2D eigenvalue weighted by atomic mass is 16.3. The molecule has 1 aliphatic heterocycles. The Labute approximate surface area is 126 Å². The molecule has 0 saturated carbocycles. The summed E-state index contributed by atoms with van der Waals surface area (Å²) in [7, 11) is 0. The topological polar surface area (TPSA) is 52.6 Å². The number of piperidine rings is 1. The van der Waals surface area contributed by atoms with Crippen molar-refractivity contribution >= 4 is 6.03 Å². The van der Waals surface area contributed by atoms with E-state index in [4.69, 9.17) is 0 Å². The molecule has 2 N–H and O–H groups in total. The van der Waals surface area contributed by atoms with Crippen molar-refractivity contribution in [3.8, 4) is 0 Å². The molecule has 4 heteroatoms. The number of allylic oxidation sites excluding steroid dienone is 1. The van der Waals surface area contributed by atoms with Crippen LogP contribution in [0.1, 0.15) is 37.3 Å². The van der Waals surface area contributed by atoms with E-state index in [-0.39, 0.29) is 12.1 Å². The van der Waals surface area contributed by atoms with Gasteiger partial charge in [-0.05, 0) is 31.2 Å². The fraction of sp³-hybridized carbons (Fsp3) is 0.471. The van der Waals surface area contributed by atoms with Crippen LogP contribution in [0.2, 0.25) is 0 Å². The zero-order valence-corrected chi connectivity index (χ0v) is 12.4. The molecule has 1 heterocycles. The third kappa shape index (κ3) is 4.60. The molecule has 2 amide bonds. The first kappa shape index (κ1) is 15.6. The lowest BCUT2D eigenvalue weighted by Gasteiger charge is -2.32. The molecule has 0 radical (unpaired) electrons. The molecule has 0 aromatic heterocycles. The summed E-state index contributed by atoms with van der Waals surface area (Å²) in [4.78, 5) is 14.1. The van der Waals surface area contributed by atoms with E-state index in [2.05, 4.69) is 11.9 Å². The second kappa shape index (κ2) is 7.84. The minimum Gasteiger partial charge on any atom is -0.391 e. The Balaban J connectivity index is 2.00. The van der Waals surface area contributed by atoms with Crippen molar-refractivity contribution in [3.63, 3.8) is 0 Å². The smallest absolute Gasteiger partial charge is 0.317 e.